The molecule has 0 amide bonds. The Hall–Kier alpha value is -7.69. The molecular formula is C78H80B2N4. The van der Waals surface area contributed by atoms with Crippen molar-refractivity contribution < 1.29 is 0 Å². The van der Waals surface area contributed by atoms with E-state index in [9.17, 15) is 0 Å². The zero-order valence-corrected chi connectivity index (χ0v) is 53.0. The van der Waals surface area contributed by atoms with Gasteiger partial charge in [0.05, 0.1) is 11.0 Å². The maximum atomic E-state index is 2.73. The van der Waals surface area contributed by atoms with Crippen LogP contribution in [0.5, 0.6) is 0 Å². The van der Waals surface area contributed by atoms with E-state index in [0.717, 1.165) is 11.4 Å². The van der Waals surface area contributed by atoms with E-state index in [1.807, 2.05) is 0 Å². The van der Waals surface area contributed by atoms with E-state index in [2.05, 4.69) is 301 Å². The Morgan fingerprint density at radius 3 is 0.929 bits per heavy atom. The molecule has 4 aliphatic heterocycles. The Kier molecular flexibility index (Phi) is 10.8. The highest BCUT2D eigenvalue weighted by atomic mass is 15.2. The second kappa shape index (κ2) is 17.0. The summed E-state index contributed by atoms with van der Waals surface area (Å²) in [4.78, 5) is 5.30. The van der Waals surface area contributed by atoms with Crippen molar-refractivity contribution in [3.63, 3.8) is 0 Å². The zero-order chi connectivity index (χ0) is 59.0. The van der Waals surface area contributed by atoms with Gasteiger partial charge in [0.1, 0.15) is 0 Å². The largest absolute Gasteiger partial charge is 0.311 e. The third-order valence-electron chi connectivity index (χ3n) is 19.7. The molecule has 418 valence electrons. The molecule has 4 aliphatic rings. The maximum Gasteiger partial charge on any atom is 0.252 e. The number of anilines is 6. The Morgan fingerprint density at radius 1 is 0.262 bits per heavy atom. The summed E-state index contributed by atoms with van der Waals surface area (Å²) >= 11 is 0. The number of aromatic nitrogens is 2. The molecule has 2 aromatic heterocycles. The molecule has 15 rings (SSSR count). The number of benzene rings is 9. The smallest absolute Gasteiger partial charge is 0.252 e. The minimum atomic E-state index is -0.141. The molecule has 0 atom stereocenters. The monoisotopic (exact) mass is 1090 g/mol. The summed E-state index contributed by atoms with van der Waals surface area (Å²) in [5.41, 5.74) is 30.9. The van der Waals surface area contributed by atoms with Crippen molar-refractivity contribution in [1.82, 2.24) is 9.13 Å². The number of fused-ring (bicyclic) bond motifs is 14. The molecule has 0 bridgehead atoms. The first kappa shape index (κ1) is 53.1. The average Bonchev–Trinajstić information content (AvgIpc) is 1.28. The fraction of sp³-hybridized carbons (Fsp3) is 0.308. The van der Waals surface area contributed by atoms with Crippen LogP contribution in [0, 0.1) is 0 Å². The van der Waals surface area contributed by atoms with Crippen molar-refractivity contribution >= 4 is 124 Å². The summed E-state index contributed by atoms with van der Waals surface area (Å²) in [5, 5.41) is 5.35. The molecule has 0 N–H and O–H groups in total. The quantitative estimate of drug-likeness (QED) is 0.160. The molecular weight excluding hydrogens is 1010 g/mol. The number of nitrogens with zero attached hydrogens (tertiary/aromatic N) is 4. The van der Waals surface area contributed by atoms with E-state index in [0.29, 0.717) is 0 Å². The molecule has 0 saturated heterocycles. The van der Waals surface area contributed by atoms with Gasteiger partial charge in [0, 0.05) is 78.1 Å². The van der Waals surface area contributed by atoms with Crippen LogP contribution in [0.1, 0.15) is 158 Å². The van der Waals surface area contributed by atoms with Gasteiger partial charge in [-0.3, -0.25) is 0 Å². The summed E-state index contributed by atoms with van der Waals surface area (Å²) in [5.74, 6) is 0. The van der Waals surface area contributed by atoms with E-state index in [-0.39, 0.29) is 45.9 Å². The average molecular weight is 1100 g/mol. The van der Waals surface area contributed by atoms with Crippen molar-refractivity contribution in [2.45, 2.75) is 157 Å². The van der Waals surface area contributed by atoms with E-state index < -0.39 is 0 Å². The lowest BCUT2D eigenvalue weighted by atomic mass is 9.30. The van der Waals surface area contributed by atoms with Gasteiger partial charge >= 0.3 is 0 Å². The van der Waals surface area contributed by atoms with Crippen LogP contribution in [-0.4, -0.2) is 22.6 Å². The van der Waals surface area contributed by atoms with Crippen molar-refractivity contribution in [2.75, 3.05) is 9.80 Å². The van der Waals surface area contributed by atoms with E-state index in [1.165, 1.54) is 144 Å². The predicted octanol–water partition coefficient (Wildman–Crippen LogP) is 16.9. The second-order valence-corrected chi connectivity index (χ2v) is 31.6. The van der Waals surface area contributed by atoms with Gasteiger partial charge < -0.3 is 18.9 Å². The summed E-state index contributed by atoms with van der Waals surface area (Å²) < 4.78 is 5.37. The zero-order valence-electron chi connectivity index (χ0n) is 53.0. The van der Waals surface area contributed by atoms with Crippen molar-refractivity contribution in [1.29, 1.82) is 0 Å². The molecule has 0 aliphatic carbocycles. The standard InChI is InChI=1S/C78H80B2N4/c1-73(2,3)45-29-31-61-53(33-45)55-35-47(75(7,8)9)37-59-71(55)83(61)67-41-49(77(13,14)15)39-65-69(67)79(59)57-43-58-64(44-63(57)81(65)51-25-21-19-22-26-51)82(52-27-23-20-24-28-52)66-40-50(78(16,17)18)42-68-70(66)80(58)60-38-48(76(10,11)12)36-56-54-34-46(74(4,5)6)30-32-62(54)84(68)72(56)60/h19-44H,1-18H3. The lowest BCUT2D eigenvalue weighted by Gasteiger charge is -2.45. The molecule has 0 spiro atoms. The van der Waals surface area contributed by atoms with Crippen molar-refractivity contribution in [2.24, 2.45) is 0 Å². The van der Waals surface area contributed by atoms with Crippen LogP contribution in [-0.2, 0) is 32.5 Å². The van der Waals surface area contributed by atoms with Gasteiger partial charge in [-0.25, -0.2) is 0 Å². The van der Waals surface area contributed by atoms with Crippen molar-refractivity contribution in [3.8, 4) is 11.4 Å². The summed E-state index contributed by atoms with van der Waals surface area (Å²) in [6.07, 6.45) is 0. The number of hydrogen-bond donors (Lipinski definition) is 0. The summed E-state index contributed by atoms with van der Waals surface area (Å²) in [7, 11) is 0. The van der Waals surface area contributed by atoms with Crippen LogP contribution in [0.15, 0.2) is 158 Å². The van der Waals surface area contributed by atoms with Gasteiger partial charge in [0.2, 0.25) is 0 Å². The van der Waals surface area contributed by atoms with Crippen LogP contribution in [0.4, 0.5) is 34.1 Å². The fourth-order valence-electron chi connectivity index (χ4n) is 14.9. The molecule has 4 nitrogen and oxygen atoms in total. The minimum Gasteiger partial charge on any atom is -0.311 e. The highest BCUT2D eigenvalue weighted by Gasteiger charge is 2.49. The van der Waals surface area contributed by atoms with Gasteiger partial charge in [0.15, 0.2) is 0 Å². The molecule has 84 heavy (non-hydrogen) atoms. The molecule has 0 fully saturated rings. The van der Waals surface area contributed by atoms with E-state index >= 15 is 0 Å². The van der Waals surface area contributed by atoms with Crippen LogP contribution in [0.2, 0.25) is 0 Å². The van der Waals surface area contributed by atoms with Crippen LogP contribution in [0.3, 0.4) is 0 Å². The number of para-hydroxylation sites is 2. The topological polar surface area (TPSA) is 16.3 Å². The Bertz CT molecular complexity index is 4370. The van der Waals surface area contributed by atoms with Crippen LogP contribution < -0.4 is 42.6 Å². The molecule has 11 aromatic rings. The van der Waals surface area contributed by atoms with Gasteiger partial charge in [-0.05, 0) is 190 Å². The number of rotatable bonds is 2. The maximum absolute atomic E-state index is 2.73. The summed E-state index contributed by atoms with van der Waals surface area (Å²) in [6.45, 7) is 42.7. The Morgan fingerprint density at radius 2 is 0.583 bits per heavy atom. The number of hydrogen-bond acceptors (Lipinski definition) is 2. The van der Waals surface area contributed by atoms with Gasteiger partial charge in [-0.2, -0.15) is 0 Å². The SMILES string of the molecule is CC(C)(C)c1cc2c3c(c1)-n1c4ccc(C(C)(C)C)cc4c4cc(C(C)(C)C)cc(c41)B3c1cc3c(cc1N2c1ccccc1)N(c1ccccc1)c1cc(C(C)(C)C)cc2c1B3c1cc(C(C)(C)C)cc3c4cc(C(C)(C)C)ccc4n-2c13. The van der Waals surface area contributed by atoms with E-state index in [1.54, 1.807) is 0 Å². The third kappa shape index (κ3) is 7.53. The molecule has 0 unspecified atom stereocenters. The van der Waals surface area contributed by atoms with Crippen LogP contribution in [0.25, 0.3) is 55.0 Å². The molecule has 9 aromatic carbocycles. The molecule has 0 radical (unpaired) electrons. The first-order chi connectivity index (χ1) is 39.5. The van der Waals surface area contributed by atoms with Gasteiger partial charge in [-0.15, -0.1) is 0 Å². The lowest BCUT2D eigenvalue weighted by Crippen LogP contribution is -2.64. The van der Waals surface area contributed by atoms with E-state index in [4.69, 9.17) is 0 Å². The first-order valence-corrected chi connectivity index (χ1v) is 31.0. The molecule has 6 heterocycles. The van der Waals surface area contributed by atoms with Crippen molar-refractivity contribution in [3.05, 3.63) is 191 Å². The minimum absolute atomic E-state index is 0.0152. The predicted molar refractivity (Wildman–Crippen MR) is 366 cm³/mol. The van der Waals surface area contributed by atoms with Gasteiger partial charge in [0.25, 0.3) is 13.4 Å². The summed E-state index contributed by atoms with van der Waals surface area (Å²) in [6, 6.07) is 63.3. The highest BCUT2D eigenvalue weighted by molar-refractivity contribution is 7.03. The Labute approximate surface area is 499 Å². The van der Waals surface area contributed by atoms with Gasteiger partial charge in [-0.1, -0.05) is 191 Å². The third-order valence-corrected chi connectivity index (χ3v) is 19.7. The highest BCUT2D eigenvalue weighted by Crippen LogP contribution is 2.50. The molecule has 6 heteroatoms. The first-order valence-electron chi connectivity index (χ1n) is 31.0. The lowest BCUT2D eigenvalue weighted by molar-refractivity contribution is 0.590. The molecule has 0 saturated carbocycles. The van der Waals surface area contributed by atoms with Crippen LogP contribution >= 0.6 is 0 Å². The Balaban J connectivity index is 1.14. The fourth-order valence-corrected chi connectivity index (χ4v) is 14.9. The second-order valence-electron chi connectivity index (χ2n) is 31.6. The normalized spacial score (nSPS) is 14.7.